The van der Waals surface area contributed by atoms with Crippen LogP contribution < -0.4 is 4.74 Å². The van der Waals surface area contributed by atoms with E-state index in [9.17, 15) is 9.59 Å². The molecule has 0 saturated carbocycles. The Bertz CT molecular complexity index is 430. The van der Waals surface area contributed by atoms with Gasteiger partial charge in [-0.05, 0) is 18.2 Å². The minimum Gasteiger partial charge on any atom is -0.491 e. The molecule has 0 aliphatic carbocycles. The minimum absolute atomic E-state index is 0.0790. The second kappa shape index (κ2) is 6.10. The van der Waals surface area contributed by atoms with E-state index in [-0.39, 0.29) is 29.6 Å². The molecule has 0 aliphatic rings. The van der Waals surface area contributed by atoms with Crippen LogP contribution in [0.1, 0.15) is 16.8 Å². The van der Waals surface area contributed by atoms with Crippen LogP contribution in [0.2, 0.25) is 5.02 Å². The SMILES string of the molecule is COC(=O)CCOc1ccc(C(=O)O)cc1Cl. The number of carboxylic acid groups (broad SMARTS) is 1. The van der Waals surface area contributed by atoms with Gasteiger partial charge in [-0.15, -0.1) is 0 Å². The van der Waals surface area contributed by atoms with Crippen molar-refractivity contribution in [2.45, 2.75) is 6.42 Å². The number of aromatic carboxylic acids is 1. The summed E-state index contributed by atoms with van der Waals surface area (Å²) in [5.41, 5.74) is 0.0790. The van der Waals surface area contributed by atoms with Gasteiger partial charge >= 0.3 is 11.9 Å². The molecule has 1 rings (SSSR count). The van der Waals surface area contributed by atoms with Gasteiger partial charge in [0.25, 0.3) is 0 Å². The summed E-state index contributed by atoms with van der Waals surface area (Å²) in [7, 11) is 1.29. The fourth-order valence-corrected chi connectivity index (χ4v) is 1.33. The molecule has 1 aromatic rings. The standard InChI is InChI=1S/C11H11ClO5/c1-16-10(13)4-5-17-9-3-2-7(11(14)15)6-8(9)12/h2-3,6H,4-5H2,1H3,(H,14,15). The second-order valence-electron chi connectivity index (χ2n) is 3.12. The molecular formula is C11H11ClO5. The summed E-state index contributed by atoms with van der Waals surface area (Å²) in [6.07, 6.45) is 0.105. The monoisotopic (exact) mass is 258 g/mol. The van der Waals surface area contributed by atoms with Gasteiger partial charge in [0.15, 0.2) is 0 Å². The van der Waals surface area contributed by atoms with Crippen molar-refractivity contribution in [3.63, 3.8) is 0 Å². The lowest BCUT2D eigenvalue weighted by atomic mass is 10.2. The van der Waals surface area contributed by atoms with Crippen LogP contribution >= 0.6 is 11.6 Å². The Morgan fingerprint density at radius 2 is 2.12 bits per heavy atom. The van der Waals surface area contributed by atoms with Gasteiger partial charge in [-0.3, -0.25) is 4.79 Å². The molecule has 0 spiro atoms. The molecule has 0 atom stereocenters. The fraction of sp³-hybridized carbons (Fsp3) is 0.273. The lowest BCUT2D eigenvalue weighted by molar-refractivity contribution is -0.141. The summed E-state index contributed by atoms with van der Waals surface area (Å²) in [6, 6.07) is 4.11. The molecule has 0 aromatic heterocycles. The summed E-state index contributed by atoms with van der Waals surface area (Å²) >= 11 is 5.82. The van der Waals surface area contributed by atoms with Gasteiger partial charge in [-0.2, -0.15) is 0 Å². The van der Waals surface area contributed by atoms with Crippen LogP contribution in [0, 0.1) is 0 Å². The summed E-state index contributed by atoms with van der Waals surface area (Å²) in [5, 5.41) is 8.91. The number of hydrogen-bond donors (Lipinski definition) is 1. The quantitative estimate of drug-likeness (QED) is 0.818. The number of carbonyl (C=O) groups excluding carboxylic acids is 1. The van der Waals surface area contributed by atoms with E-state index in [2.05, 4.69) is 4.74 Å². The number of methoxy groups -OCH3 is 1. The zero-order chi connectivity index (χ0) is 12.8. The van der Waals surface area contributed by atoms with Gasteiger partial charge in [-0.25, -0.2) is 4.79 Å². The largest absolute Gasteiger partial charge is 0.491 e. The fourth-order valence-electron chi connectivity index (χ4n) is 1.10. The van der Waals surface area contributed by atoms with E-state index in [0.717, 1.165) is 0 Å². The van der Waals surface area contributed by atoms with Gasteiger partial charge in [0.1, 0.15) is 5.75 Å². The van der Waals surface area contributed by atoms with E-state index in [1.807, 2.05) is 0 Å². The normalized spacial score (nSPS) is 9.76. The number of rotatable bonds is 5. The van der Waals surface area contributed by atoms with Crippen molar-refractivity contribution in [3.05, 3.63) is 28.8 Å². The molecule has 17 heavy (non-hydrogen) atoms. The van der Waals surface area contributed by atoms with E-state index < -0.39 is 5.97 Å². The number of carbonyl (C=O) groups is 2. The second-order valence-corrected chi connectivity index (χ2v) is 3.53. The third kappa shape index (κ3) is 3.96. The van der Waals surface area contributed by atoms with Gasteiger partial charge in [0.05, 0.1) is 30.7 Å². The van der Waals surface area contributed by atoms with Crippen LogP contribution in [0.5, 0.6) is 5.75 Å². The molecule has 0 fully saturated rings. The molecule has 0 radical (unpaired) electrons. The molecule has 1 N–H and O–H groups in total. The number of hydrogen-bond acceptors (Lipinski definition) is 4. The van der Waals surface area contributed by atoms with E-state index in [1.54, 1.807) is 0 Å². The summed E-state index contributed by atoms with van der Waals surface area (Å²) < 4.78 is 9.66. The van der Waals surface area contributed by atoms with Crippen molar-refractivity contribution in [1.82, 2.24) is 0 Å². The van der Waals surface area contributed by atoms with Crippen molar-refractivity contribution >= 4 is 23.5 Å². The van der Waals surface area contributed by atoms with Crippen LogP contribution in [0.4, 0.5) is 0 Å². The van der Waals surface area contributed by atoms with Crippen molar-refractivity contribution < 1.29 is 24.2 Å². The Morgan fingerprint density at radius 3 is 2.65 bits per heavy atom. The average molecular weight is 259 g/mol. The van der Waals surface area contributed by atoms with Crippen LogP contribution in [0.3, 0.4) is 0 Å². The van der Waals surface area contributed by atoms with E-state index in [4.69, 9.17) is 21.4 Å². The van der Waals surface area contributed by atoms with Crippen LogP contribution in [-0.4, -0.2) is 30.8 Å². The van der Waals surface area contributed by atoms with Gasteiger partial charge < -0.3 is 14.6 Å². The molecule has 0 saturated heterocycles. The average Bonchev–Trinajstić information content (AvgIpc) is 2.30. The maximum atomic E-state index is 10.8. The number of halogens is 1. The molecule has 0 bridgehead atoms. The highest BCUT2D eigenvalue weighted by Crippen LogP contribution is 2.25. The number of ether oxygens (including phenoxy) is 2. The third-order valence-corrected chi connectivity index (χ3v) is 2.27. The maximum Gasteiger partial charge on any atom is 0.335 e. The van der Waals surface area contributed by atoms with Gasteiger partial charge in [-0.1, -0.05) is 11.6 Å². The molecule has 0 amide bonds. The molecular weight excluding hydrogens is 248 g/mol. The van der Waals surface area contributed by atoms with Gasteiger partial charge in [0, 0.05) is 0 Å². The predicted molar refractivity (Wildman–Crippen MR) is 60.5 cm³/mol. The zero-order valence-corrected chi connectivity index (χ0v) is 9.86. The van der Waals surface area contributed by atoms with Gasteiger partial charge in [0.2, 0.25) is 0 Å². The first kappa shape index (κ1) is 13.3. The van der Waals surface area contributed by atoms with Crippen LogP contribution in [0.25, 0.3) is 0 Å². The van der Waals surface area contributed by atoms with Crippen LogP contribution in [-0.2, 0) is 9.53 Å². The highest BCUT2D eigenvalue weighted by atomic mass is 35.5. The first-order valence-electron chi connectivity index (χ1n) is 4.77. The maximum absolute atomic E-state index is 10.8. The lowest BCUT2D eigenvalue weighted by Crippen LogP contribution is -2.08. The Morgan fingerprint density at radius 1 is 1.41 bits per heavy atom. The topological polar surface area (TPSA) is 72.8 Å². The summed E-state index contributed by atoms with van der Waals surface area (Å²) in [4.78, 5) is 21.5. The predicted octanol–water partition coefficient (Wildman–Crippen LogP) is 1.98. The zero-order valence-electron chi connectivity index (χ0n) is 9.10. The summed E-state index contributed by atoms with van der Waals surface area (Å²) in [5.74, 6) is -1.11. The molecule has 0 unspecified atom stereocenters. The van der Waals surface area contributed by atoms with Crippen molar-refractivity contribution in [2.75, 3.05) is 13.7 Å². The van der Waals surface area contributed by atoms with Crippen molar-refractivity contribution in [1.29, 1.82) is 0 Å². The molecule has 6 heteroatoms. The highest BCUT2D eigenvalue weighted by molar-refractivity contribution is 6.32. The first-order chi connectivity index (χ1) is 8.04. The molecule has 5 nitrogen and oxygen atoms in total. The van der Waals surface area contributed by atoms with Crippen molar-refractivity contribution in [2.24, 2.45) is 0 Å². The Labute approximate surface area is 103 Å². The Hall–Kier alpha value is -1.75. The highest BCUT2D eigenvalue weighted by Gasteiger charge is 2.08. The van der Waals surface area contributed by atoms with Crippen molar-refractivity contribution in [3.8, 4) is 5.75 Å². The molecule has 0 heterocycles. The Kier molecular flexibility index (Phi) is 4.78. The smallest absolute Gasteiger partial charge is 0.335 e. The lowest BCUT2D eigenvalue weighted by Gasteiger charge is -2.07. The molecule has 92 valence electrons. The Balaban J connectivity index is 2.60. The van der Waals surface area contributed by atoms with E-state index in [1.165, 1.54) is 25.3 Å². The molecule has 0 aliphatic heterocycles. The number of benzene rings is 1. The third-order valence-electron chi connectivity index (χ3n) is 1.97. The molecule has 1 aromatic carbocycles. The number of esters is 1. The number of carboxylic acids is 1. The first-order valence-corrected chi connectivity index (χ1v) is 5.15. The van der Waals surface area contributed by atoms with E-state index >= 15 is 0 Å². The minimum atomic E-state index is -1.06. The van der Waals surface area contributed by atoms with Crippen LogP contribution in [0.15, 0.2) is 18.2 Å². The summed E-state index contributed by atoms with van der Waals surface area (Å²) in [6.45, 7) is 0.124. The van der Waals surface area contributed by atoms with E-state index in [0.29, 0.717) is 5.75 Å².